The van der Waals surface area contributed by atoms with E-state index in [4.69, 9.17) is 0 Å². The fourth-order valence-electron chi connectivity index (χ4n) is 1.83. The van der Waals surface area contributed by atoms with Gasteiger partial charge in [0.1, 0.15) is 0 Å². The summed E-state index contributed by atoms with van der Waals surface area (Å²) < 4.78 is 0. The Morgan fingerprint density at radius 2 is 1.33 bits per heavy atom. The third kappa shape index (κ3) is 8.61. The maximum absolute atomic E-state index is 11.9. The van der Waals surface area contributed by atoms with Crippen LogP contribution in [0.3, 0.4) is 0 Å². The highest BCUT2D eigenvalue weighted by Gasteiger charge is 2.18. The van der Waals surface area contributed by atoms with Gasteiger partial charge in [-0.2, -0.15) is 0 Å². The van der Waals surface area contributed by atoms with Crippen molar-refractivity contribution in [3.8, 4) is 0 Å². The largest absolute Gasteiger partial charge is 0.355 e. The molecule has 0 heterocycles. The topological polar surface area (TPSA) is 106 Å². The number of hydrogen-bond acceptors (Lipinski definition) is 6. The Morgan fingerprint density at radius 1 is 0.762 bits per heavy atom. The van der Waals surface area contributed by atoms with Crippen LogP contribution in [-0.2, 0) is 9.59 Å². The van der Waals surface area contributed by atoms with Crippen molar-refractivity contribution in [2.75, 3.05) is 54.4 Å². The van der Waals surface area contributed by atoms with E-state index in [9.17, 15) is 9.59 Å². The number of likely N-dealkylation sites (N-methyl/N-ethyl adjacent to an activating group) is 4. The van der Waals surface area contributed by atoms with Crippen LogP contribution in [0.4, 0.5) is 0 Å². The number of carbonyl (C=O) groups excluding carboxylic acids is 2. The van der Waals surface area contributed by atoms with Gasteiger partial charge in [-0.05, 0) is 34.6 Å². The summed E-state index contributed by atoms with van der Waals surface area (Å²) >= 11 is 0. The third-order valence-electron chi connectivity index (χ3n) is 3.14. The quantitative estimate of drug-likeness (QED) is 0.218. The third-order valence-corrected chi connectivity index (χ3v) is 3.14. The molecule has 0 aromatic rings. The Hall–Kier alpha value is -1.22. The minimum atomic E-state index is -0.306. The molecule has 8 heteroatoms. The summed E-state index contributed by atoms with van der Waals surface area (Å²) in [6.07, 6.45) is 0.545. The summed E-state index contributed by atoms with van der Waals surface area (Å²) in [5.41, 5.74) is 0. The van der Waals surface area contributed by atoms with Crippen LogP contribution in [0.15, 0.2) is 0 Å². The first-order valence-corrected chi connectivity index (χ1v) is 7.29. The molecule has 0 unspecified atom stereocenters. The molecule has 0 saturated heterocycles. The van der Waals surface area contributed by atoms with Gasteiger partial charge < -0.3 is 31.9 Å². The second kappa shape index (κ2) is 12.5. The molecule has 2 atom stereocenters. The fraction of sp³-hybridized carbons (Fsp3) is 0.846. The van der Waals surface area contributed by atoms with E-state index in [1.165, 1.54) is 0 Å². The van der Waals surface area contributed by atoms with Gasteiger partial charge in [-0.1, -0.05) is 0 Å². The van der Waals surface area contributed by atoms with Crippen molar-refractivity contribution in [1.29, 1.82) is 0 Å². The number of hydrogen-bond donors (Lipinski definition) is 6. The van der Waals surface area contributed by atoms with Gasteiger partial charge in [0.05, 0.1) is 12.1 Å². The lowest BCUT2D eigenvalue weighted by molar-refractivity contribution is -0.125. The molecule has 0 aromatic heterocycles. The Balaban J connectivity index is 4.04. The van der Waals surface area contributed by atoms with Crippen LogP contribution in [0.5, 0.6) is 0 Å². The van der Waals surface area contributed by atoms with E-state index >= 15 is 0 Å². The molecule has 0 spiro atoms. The molecule has 0 aliphatic rings. The average Bonchev–Trinajstić information content (AvgIpc) is 2.49. The molecule has 21 heavy (non-hydrogen) atoms. The van der Waals surface area contributed by atoms with Crippen LogP contribution in [0.25, 0.3) is 0 Å². The second-order valence-electron chi connectivity index (χ2n) is 4.71. The minimum absolute atomic E-state index is 0.0533. The predicted octanol–water partition coefficient (Wildman–Crippen LogP) is -2.78. The molecule has 0 radical (unpaired) electrons. The van der Waals surface area contributed by atoms with Crippen LogP contribution >= 0.6 is 0 Å². The Labute approximate surface area is 127 Å². The SMILES string of the molecule is CNCCNC(=O)[C@H](CCNC(=O)[C@H](CNC)NC)NC. The molecule has 0 aliphatic heterocycles. The van der Waals surface area contributed by atoms with Gasteiger partial charge in [0, 0.05) is 26.2 Å². The molecule has 0 saturated carbocycles. The molecule has 124 valence electrons. The van der Waals surface area contributed by atoms with Crippen molar-refractivity contribution in [2.45, 2.75) is 18.5 Å². The normalized spacial score (nSPS) is 13.5. The van der Waals surface area contributed by atoms with Crippen LogP contribution < -0.4 is 31.9 Å². The Bertz CT molecular complexity index is 300. The van der Waals surface area contributed by atoms with Crippen molar-refractivity contribution < 1.29 is 9.59 Å². The maximum Gasteiger partial charge on any atom is 0.238 e. The van der Waals surface area contributed by atoms with Crippen molar-refractivity contribution >= 4 is 11.8 Å². The molecule has 0 bridgehead atoms. The van der Waals surface area contributed by atoms with E-state index in [-0.39, 0.29) is 23.9 Å². The van der Waals surface area contributed by atoms with Crippen LogP contribution in [0.2, 0.25) is 0 Å². The summed E-state index contributed by atoms with van der Waals surface area (Å²) in [6, 6.07) is -0.577. The Kier molecular flexibility index (Phi) is 11.8. The standard InChI is InChI=1S/C13H30N6O2/c1-14-7-8-19-12(20)10(16-3)5-6-18-13(21)11(17-4)9-15-2/h10-11,14-17H,5-9H2,1-4H3,(H,18,21)(H,19,20)/t10-,11-/m0/s1. The van der Waals surface area contributed by atoms with Gasteiger partial charge in [-0.25, -0.2) is 0 Å². The van der Waals surface area contributed by atoms with Crippen LogP contribution in [0.1, 0.15) is 6.42 Å². The lowest BCUT2D eigenvalue weighted by atomic mass is 10.2. The summed E-state index contributed by atoms with van der Waals surface area (Å²) in [7, 11) is 7.11. The van der Waals surface area contributed by atoms with E-state index < -0.39 is 0 Å². The zero-order valence-corrected chi connectivity index (χ0v) is 13.5. The summed E-state index contributed by atoms with van der Waals surface area (Å²) in [4.78, 5) is 23.8. The summed E-state index contributed by atoms with van der Waals surface area (Å²) in [6.45, 7) is 2.32. The number of nitrogens with one attached hydrogen (secondary N) is 6. The van der Waals surface area contributed by atoms with Crippen molar-refractivity contribution in [2.24, 2.45) is 0 Å². The molecule has 0 fully saturated rings. The smallest absolute Gasteiger partial charge is 0.238 e. The zero-order chi connectivity index (χ0) is 16.1. The number of amides is 2. The lowest BCUT2D eigenvalue weighted by Gasteiger charge is -2.18. The predicted molar refractivity (Wildman–Crippen MR) is 84.2 cm³/mol. The number of rotatable bonds is 12. The van der Waals surface area contributed by atoms with Crippen LogP contribution in [-0.4, -0.2) is 78.3 Å². The van der Waals surface area contributed by atoms with E-state index in [1.54, 1.807) is 21.1 Å². The molecule has 2 amide bonds. The Morgan fingerprint density at radius 3 is 1.86 bits per heavy atom. The van der Waals surface area contributed by atoms with Gasteiger partial charge in [0.25, 0.3) is 0 Å². The molecular weight excluding hydrogens is 272 g/mol. The van der Waals surface area contributed by atoms with Crippen molar-refractivity contribution in [3.05, 3.63) is 0 Å². The minimum Gasteiger partial charge on any atom is -0.355 e. The van der Waals surface area contributed by atoms with E-state index in [2.05, 4.69) is 31.9 Å². The molecule has 0 aromatic carbocycles. The summed E-state index contributed by atoms with van der Waals surface area (Å²) in [5, 5.41) is 17.5. The van der Waals surface area contributed by atoms with E-state index in [1.807, 2.05) is 7.05 Å². The highest BCUT2D eigenvalue weighted by atomic mass is 16.2. The zero-order valence-electron chi connectivity index (χ0n) is 13.5. The highest BCUT2D eigenvalue weighted by molar-refractivity contribution is 5.83. The lowest BCUT2D eigenvalue weighted by Crippen LogP contribution is -2.50. The first-order valence-electron chi connectivity index (χ1n) is 7.29. The molecule has 8 nitrogen and oxygen atoms in total. The van der Waals surface area contributed by atoms with Gasteiger partial charge in [0.15, 0.2) is 0 Å². The highest BCUT2D eigenvalue weighted by Crippen LogP contribution is 1.91. The first kappa shape index (κ1) is 19.8. The molecular formula is C13H30N6O2. The van der Waals surface area contributed by atoms with Crippen LogP contribution in [0, 0.1) is 0 Å². The summed E-state index contributed by atoms with van der Waals surface area (Å²) in [5.74, 6) is -0.125. The monoisotopic (exact) mass is 302 g/mol. The molecule has 0 rings (SSSR count). The van der Waals surface area contributed by atoms with Crippen molar-refractivity contribution in [1.82, 2.24) is 31.9 Å². The van der Waals surface area contributed by atoms with E-state index in [0.29, 0.717) is 26.1 Å². The molecule has 6 N–H and O–H groups in total. The van der Waals surface area contributed by atoms with Gasteiger partial charge in [-0.15, -0.1) is 0 Å². The van der Waals surface area contributed by atoms with Gasteiger partial charge in [-0.3, -0.25) is 9.59 Å². The maximum atomic E-state index is 11.9. The second-order valence-corrected chi connectivity index (χ2v) is 4.71. The number of carbonyl (C=O) groups is 2. The fourth-order valence-corrected chi connectivity index (χ4v) is 1.83. The van der Waals surface area contributed by atoms with Gasteiger partial charge >= 0.3 is 0 Å². The van der Waals surface area contributed by atoms with Gasteiger partial charge in [0.2, 0.25) is 11.8 Å². The molecule has 0 aliphatic carbocycles. The van der Waals surface area contributed by atoms with E-state index in [0.717, 1.165) is 6.54 Å². The average molecular weight is 302 g/mol. The first-order chi connectivity index (χ1) is 10.1. The van der Waals surface area contributed by atoms with Crippen molar-refractivity contribution in [3.63, 3.8) is 0 Å².